The lowest BCUT2D eigenvalue weighted by molar-refractivity contribution is -0.116. The molecule has 10 nitrogen and oxygen atoms in total. The maximum absolute atomic E-state index is 13.3. The first-order valence-electron chi connectivity index (χ1n) is 13.1. The Morgan fingerprint density at radius 3 is 2.85 bits per heavy atom. The van der Waals surface area contributed by atoms with Crippen molar-refractivity contribution in [2.75, 3.05) is 17.7 Å². The number of allylic oxidation sites excluding steroid dienone is 1. The van der Waals surface area contributed by atoms with E-state index in [-0.39, 0.29) is 24.3 Å². The molecule has 1 aromatic heterocycles. The summed E-state index contributed by atoms with van der Waals surface area (Å²) in [4.78, 5) is 45.5. The third-order valence-corrected chi connectivity index (χ3v) is 7.09. The van der Waals surface area contributed by atoms with Gasteiger partial charge in [0, 0.05) is 29.3 Å². The van der Waals surface area contributed by atoms with Crippen LogP contribution in [0.1, 0.15) is 71.5 Å². The lowest BCUT2D eigenvalue weighted by atomic mass is 9.87. The van der Waals surface area contributed by atoms with Crippen molar-refractivity contribution in [2.45, 2.75) is 50.6 Å². The number of benzene rings is 2. The van der Waals surface area contributed by atoms with Gasteiger partial charge < -0.3 is 26.1 Å². The molecule has 6 N–H and O–H groups in total. The Morgan fingerprint density at radius 2 is 2.00 bits per heavy atom. The average molecular weight is 529 g/mol. The van der Waals surface area contributed by atoms with E-state index in [1.54, 1.807) is 24.4 Å². The second-order valence-electron chi connectivity index (χ2n) is 9.79. The lowest BCUT2D eigenvalue weighted by Gasteiger charge is -2.23. The zero-order valence-electron chi connectivity index (χ0n) is 21.8. The van der Waals surface area contributed by atoms with Gasteiger partial charge in [0.2, 0.25) is 5.91 Å². The number of ether oxygens (including phenoxy) is 1. The van der Waals surface area contributed by atoms with Crippen molar-refractivity contribution in [1.82, 2.24) is 15.3 Å². The Labute approximate surface area is 226 Å². The number of hydrogen-bond donors (Lipinski definition) is 5. The Hall–Kier alpha value is -4.44. The number of H-pyrrole nitrogens is 1. The Bertz CT molecular complexity index is 1430. The number of aryl methyl sites for hydroxylation is 1. The molecule has 1 aliphatic heterocycles. The third-order valence-electron chi connectivity index (χ3n) is 7.09. The zero-order valence-corrected chi connectivity index (χ0v) is 21.8. The van der Waals surface area contributed by atoms with Gasteiger partial charge in [-0.15, -0.1) is 0 Å². The molecule has 10 heteroatoms. The number of aromatic amines is 1. The van der Waals surface area contributed by atoms with Gasteiger partial charge in [0.15, 0.2) is 0 Å². The fourth-order valence-corrected chi connectivity index (χ4v) is 5.03. The minimum Gasteiger partial charge on any atom is -0.453 e. The summed E-state index contributed by atoms with van der Waals surface area (Å²) in [5.74, 6) is 0.247. The number of imidazole rings is 1. The van der Waals surface area contributed by atoms with Gasteiger partial charge in [-0.3, -0.25) is 14.9 Å². The normalized spacial score (nSPS) is 19.6. The monoisotopic (exact) mass is 528 g/mol. The number of carbonyl (C=O) groups is 3. The van der Waals surface area contributed by atoms with Gasteiger partial charge in [-0.1, -0.05) is 18.2 Å². The Kier molecular flexibility index (Phi) is 7.74. The van der Waals surface area contributed by atoms with Gasteiger partial charge >= 0.3 is 6.09 Å². The van der Waals surface area contributed by atoms with Crippen LogP contribution in [-0.2, 0) is 16.0 Å². The molecule has 0 unspecified atom stereocenters. The number of carbonyl (C=O) groups excluding carboxylic acids is 3. The van der Waals surface area contributed by atoms with Crippen LogP contribution in [0.5, 0.6) is 0 Å². The van der Waals surface area contributed by atoms with Gasteiger partial charge in [-0.2, -0.15) is 0 Å². The van der Waals surface area contributed by atoms with Crippen LogP contribution >= 0.6 is 0 Å². The highest BCUT2D eigenvalue weighted by Crippen LogP contribution is 2.32. The summed E-state index contributed by atoms with van der Waals surface area (Å²) in [6, 6.07) is 10.5. The zero-order chi connectivity index (χ0) is 27.4. The van der Waals surface area contributed by atoms with Crippen molar-refractivity contribution in [2.24, 2.45) is 5.73 Å². The minimum atomic E-state index is -0.611. The molecule has 5 rings (SSSR count). The summed E-state index contributed by atoms with van der Waals surface area (Å²) in [5.41, 5.74) is 11.4. The maximum Gasteiger partial charge on any atom is 0.411 e. The summed E-state index contributed by atoms with van der Waals surface area (Å²) in [6.07, 6.45) is 9.16. The molecule has 0 fully saturated rings. The molecule has 2 bridgehead atoms. The molecule has 2 aromatic carbocycles. The molecule has 2 atom stereocenters. The van der Waals surface area contributed by atoms with Gasteiger partial charge in [-0.05, 0) is 73.6 Å². The molecule has 3 aromatic rings. The molecule has 202 valence electrons. The molecule has 0 spiro atoms. The fourth-order valence-electron chi connectivity index (χ4n) is 5.03. The first-order valence-corrected chi connectivity index (χ1v) is 13.1. The van der Waals surface area contributed by atoms with Crippen molar-refractivity contribution in [1.29, 1.82) is 0 Å². The summed E-state index contributed by atoms with van der Waals surface area (Å²) < 4.78 is 4.67. The third kappa shape index (κ3) is 6.01. The van der Waals surface area contributed by atoms with E-state index in [1.807, 2.05) is 30.4 Å². The number of nitrogens with zero attached hydrogens (tertiary/aromatic N) is 1. The van der Waals surface area contributed by atoms with Gasteiger partial charge in [0.1, 0.15) is 5.82 Å². The van der Waals surface area contributed by atoms with E-state index in [2.05, 4.69) is 30.7 Å². The number of methoxy groups -OCH3 is 1. The quantitative estimate of drug-likeness (QED) is 0.310. The van der Waals surface area contributed by atoms with Crippen LogP contribution in [0.4, 0.5) is 16.2 Å². The van der Waals surface area contributed by atoms with Crippen molar-refractivity contribution < 1.29 is 19.1 Å². The molecular formula is C29H32N6O4. The highest BCUT2D eigenvalue weighted by Gasteiger charge is 2.22. The second kappa shape index (κ2) is 11.5. The number of fused-ring (bicyclic) bond motifs is 5. The van der Waals surface area contributed by atoms with Gasteiger partial charge in [0.25, 0.3) is 5.91 Å². The standard InChI is InChI=1S/C29H32N6O4/c1-39-29(38)32-19-11-13-21-24(15-19)33-26(36)9-4-2-3-8-23(27-31-16-25(21)34-27)35-28(37)18-10-12-20-17(14-18)6-5-7-22(20)30/h2-3,10-16,22-23H,4-9,30H2,1H3,(H,31,34)(H,32,38)(H,33,36)(H,35,37)/b3-2-/t22-,23+/m1/s1. The van der Waals surface area contributed by atoms with Crippen LogP contribution in [0.2, 0.25) is 0 Å². The van der Waals surface area contributed by atoms with Crippen molar-refractivity contribution in [3.05, 3.63) is 77.3 Å². The fraction of sp³-hybridized carbons (Fsp3) is 0.310. The topological polar surface area (TPSA) is 151 Å². The largest absolute Gasteiger partial charge is 0.453 e. The van der Waals surface area contributed by atoms with Crippen LogP contribution < -0.4 is 21.7 Å². The first-order chi connectivity index (χ1) is 18.9. The van der Waals surface area contributed by atoms with Gasteiger partial charge in [-0.25, -0.2) is 9.78 Å². The van der Waals surface area contributed by atoms with Crippen LogP contribution in [0.3, 0.4) is 0 Å². The lowest BCUT2D eigenvalue weighted by Crippen LogP contribution is -2.29. The molecule has 0 radical (unpaired) electrons. The molecule has 0 saturated carbocycles. The SMILES string of the molecule is COC(=O)Nc1ccc2c(c1)NC(=O)CC/C=C\C[C@H](NC(=O)c1ccc3c(c1)CCC[C@H]3N)c1ncc-2[nH]1. The molecule has 1 aliphatic carbocycles. The van der Waals surface area contributed by atoms with Crippen molar-refractivity contribution in [3.8, 4) is 11.3 Å². The van der Waals surface area contributed by atoms with Crippen LogP contribution in [0.25, 0.3) is 11.3 Å². The predicted octanol–water partition coefficient (Wildman–Crippen LogP) is 4.74. The van der Waals surface area contributed by atoms with Crippen LogP contribution in [0, 0.1) is 0 Å². The highest BCUT2D eigenvalue weighted by molar-refractivity contribution is 5.97. The van der Waals surface area contributed by atoms with Gasteiger partial charge in [0.05, 0.1) is 30.7 Å². The number of nitrogens with one attached hydrogen (secondary N) is 4. The van der Waals surface area contributed by atoms with E-state index in [0.717, 1.165) is 30.4 Å². The molecule has 2 aliphatic rings. The van der Waals surface area contributed by atoms with Crippen LogP contribution in [0.15, 0.2) is 54.7 Å². The van der Waals surface area contributed by atoms with E-state index in [9.17, 15) is 14.4 Å². The summed E-state index contributed by atoms with van der Waals surface area (Å²) in [6.45, 7) is 0. The first kappa shape index (κ1) is 26.2. The number of nitrogens with two attached hydrogens (primary N) is 1. The minimum absolute atomic E-state index is 0.0181. The predicted molar refractivity (Wildman–Crippen MR) is 148 cm³/mol. The van der Waals surface area contributed by atoms with E-state index < -0.39 is 12.1 Å². The van der Waals surface area contributed by atoms with Crippen molar-refractivity contribution >= 4 is 29.3 Å². The number of anilines is 2. The number of aromatic nitrogens is 2. The van der Waals surface area contributed by atoms with Crippen molar-refractivity contribution in [3.63, 3.8) is 0 Å². The number of amides is 3. The van der Waals surface area contributed by atoms with E-state index in [4.69, 9.17) is 5.73 Å². The smallest absolute Gasteiger partial charge is 0.411 e. The number of rotatable bonds is 3. The molecule has 3 amide bonds. The molecule has 0 saturated heterocycles. The molecule has 39 heavy (non-hydrogen) atoms. The molecule has 2 heterocycles. The Morgan fingerprint density at radius 1 is 1.13 bits per heavy atom. The molecular weight excluding hydrogens is 496 g/mol. The summed E-state index contributed by atoms with van der Waals surface area (Å²) in [5, 5.41) is 8.67. The maximum atomic E-state index is 13.3. The van der Waals surface area contributed by atoms with E-state index >= 15 is 0 Å². The summed E-state index contributed by atoms with van der Waals surface area (Å²) in [7, 11) is 1.28. The van der Waals surface area contributed by atoms with E-state index in [0.29, 0.717) is 46.9 Å². The summed E-state index contributed by atoms with van der Waals surface area (Å²) >= 11 is 0. The highest BCUT2D eigenvalue weighted by atomic mass is 16.5. The number of hydrogen-bond acceptors (Lipinski definition) is 6. The van der Waals surface area contributed by atoms with E-state index in [1.165, 1.54) is 7.11 Å². The van der Waals surface area contributed by atoms with Crippen LogP contribution in [-0.4, -0.2) is 35.0 Å². The Balaban J connectivity index is 1.43. The second-order valence-corrected chi connectivity index (χ2v) is 9.79. The average Bonchev–Trinajstić information content (AvgIpc) is 3.42.